The third-order valence-corrected chi connectivity index (χ3v) is 5.78. The molecule has 0 heterocycles. The molecular weight excluding hydrogens is 322 g/mol. The predicted molar refractivity (Wildman–Crippen MR) is 97.0 cm³/mol. The van der Waals surface area contributed by atoms with Gasteiger partial charge >= 0.3 is 0 Å². The van der Waals surface area contributed by atoms with E-state index in [-0.39, 0.29) is 6.04 Å². The number of sulfonamides is 1. The number of hydrogen-bond donors (Lipinski definition) is 1. The number of methoxy groups -OCH3 is 1. The summed E-state index contributed by atoms with van der Waals surface area (Å²) in [6.45, 7) is 7.61. The van der Waals surface area contributed by atoms with Crippen molar-refractivity contribution in [3.05, 3.63) is 58.7 Å². The summed E-state index contributed by atoms with van der Waals surface area (Å²) in [5.74, 6) is 0.692. The van der Waals surface area contributed by atoms with Gasteiger partial charge in [0.2, 0.25) is 10.0 Å². The highest BCUT2D eigenvalue weighted by molar-refractivity contribution is 7.89. The van der Waals surface area contributed by atoms with Crippen LogP contribution in [0.15, 0.2) is 41.3 Å². The van der Waals surface area contributed by atoms with E-state index in [1.807, 2.05) is 45.0 Å². The Morgan fingerprint density at radius 3 is 2.21 bits per heavy atom. The third-order valence-electron chi connectivity index (χ3n) is 4.17. The van der Waals surface area contributed by atoms with Crippen LogP contribution in [0.2, 0.25) is 0 Å². The molecule has 24 heavy (non-hydrogen) atoms. The molecule has 0 aliphatic rings. The van der Waals surface area contributed by atoms with Gasteiger partial charge in [-0.25, -0.2) is 13.1 Å². The number of hydrogen-bond acceptors (Lipinski definition) is 3. The topological polar surface area (TPSA) is 55.4 Å². The van der Waals surface area contributed by atoms with Gasteiger partial charge in [0.05, 0.1) is 12.0 Å². The van der Waals surface area contributed by atoms with Crippen LogP contribution in [0.3, 0.4) is 0 Å². The Morgan fingerprint density at radius 1 is 1.04 bits per heavy atom. The first-order valence-corrected chi connectivity index (χ1v) is 9.51. The van der Waals surface area contributed by atoms with Gasteiger partial charge in [-0.1, -0.05) is 36.8 Å². The van der Waals surface area contributed by atoms with E-state index in [1.165, 1.54) is 0 Å². The number of benzene rings is 2. The Morgan fingerprint density at radius 2 is 1.67 bits per heavy atom. The summed E-state index contributed by atoms with van der Waals surface area (Å²) >= 11 is 0. The van der Waals surface area contributed by atoms with Crippen LogP contribution in [0.25, 0.3) is 0 Å². The smallest absolute Gasteiger partial charge is 0.241 e. The van der Waals surface area contributed by atoms with Gasteiger partial charge in [-0.15, -0.1) is 0 Å². The molecule has 0 aliphatic heterocycles. The van der Waals surface area contributed by atoms with Crippen LogP contribution in [0.4, 0.5) is 0 Å². The summed E-state index contributed by atoms with van der Waals surface area (Å²) in [5.41, 5.74) is 3.59. The first kappa shape index (κ1) is 18.5. The van der Waals surface area contributed by atoms with E-state index in [9.17, 15) is 8.42 Å². The zero-order valence-electron chi connectivity index (χ0n) is 14.9. The molecule has 2 rings (SSSR count). The van der Waals surface area contributed by atoms with Crippen molar-refractivity contribution in [1.29, 1.82) is 0 Å². The van der Waals surface area contributed by atoms with Crippen LogP contribution in [0, 0.1) is 20.8 Å². The van der Waals surface area contributed by atoms with E-state index in [0.29, 0.717) is 22.6 Å². The standard InChI is InChI=1S/C19H25NO3S/c1-6-17(16-9-7-13(2)8-10-16)20-24(21,22)19-12-14(3)18(23-5)11-15(19)4/h7-12,17,20H,6H2,1-5H3/t17-/m1/s1. The van der Waals surface area contributed by atoms with Crippen molar-refractivity contribution in [2.45, 2.75) is 45.1 Å². The average Bonchev–Trinajstić information content (AvgIpc) is 2.55. The highest BCUT2D eigenvalue weighted by Gasteiger charge is 2.23. The Balaban J connectivity index is 2.36. The van der Waals surface area contributed by atoms with Crippen molar-refractivity contribution in [3.63, 3.8) is 0 Å². The van der Waals surface area contributed by atoms with E-state index in [4.69, 9.17) is 4.74 Å². The van der Waals surface area contributed by atoms with Crippen molar-refractivity contribution < 1.29 is 13.2 Å². The van der Waals surface area contributed by atoms with Crippen molar-refractivity contribution in [2.24, 2.45) is 0 Å². The summed E-state index contributed by atoms with van der Waals surface area (Å²) in [5, 5.41) is 0. The monoisotopic (exact) mass is 347 g/mol. The molecule has 0 saturated heterocycles. The van der Waals surface area contributed by atoms with E-state index in [2.05, 4.69) is 4.72 Å². The van der Waals surface area contributed by atoms with Crippen molar-refractivity contribution in [3.8, 4) is 5.75 Å². The van der Waals surface area contributed by atoms with Crippen LogP contribution in [-0.2, 0) is 10.0 Å². The minimum absolute atomic E-state index is 0.252. The fraction of sp³-hybridized carbons (Fsp3) is 0.368. The maximum absolute atomic E-state index is 12.9. The van der Waals surface area contributed by atoms with Gasteiger partial charge in [0.1, 0.15) is 5.75 Å². The highest BCUT2D eigenvalue weighted by atomic mass is 32.2. The summed E-state index contributed by atoms with van der Waals surface area (Å²) < 4.78 is 33.8. The minimum atomic E-state index is -3.61. The van der Waals surface area contributed by atoms with Crippen molar-refractivity contribution in [1.82, 2.24) is 4.72 Å². The molecule has 0 bridgehead atoms. The van der Waals surface area contributed by atoms with Gasteiger partial charge in [-0.3, -0.25) is 0 Å². The Labute approximate surface area is 144 Å². The zero-order chi connectivity index (χ0) is 17.9. The van der Waals surface area contributed by atoms with Gasteiger partial charge < -0.3 is 4.74 Å². The molecule has 0 aromatic heterocycles. The van der Waals surface area contributed by atoms with Crippen LogP contribution < -0.4 is 9.46 Å². The molecule has 130 valence electrons. The highest BCUT2D eigenvalue weighted by Crippen LogP contribution is 2.27. The Bertz CT molecular complexity index is 811. The average molecular weight is 347 g/mol. The largest absolute Gasteiger partial charge is 0.496 e. The third kappa shape index (κ3) is 3.97. The summed E-state index contributed by atoms with van der Waals surface area (Å²) in [6.07, 6.45) is 0.677. The van der Waals surface area contributed by atoms with Crippen molar-refractivity contribution in [2.75, 3.05) is 7.11 Å². The molecule has 5 heteroatoms. The molecule has 1 N–H and O–H groups in total. The lowest BCUT2D eigenvalue weighted by atomic mass is 10.0. The molecule has 4 nitrogen and oxygen atoms in total. The summed E-state index contributed by atoms with van der Waals surface area (Å²) in [7, 11) is -2.03. The van der Waals surface area contributed by atoms with Crippen LogP contribution in [-0.4, -0.2) is 15.5 Å². The molecule has 2 aromatic carbocycles. The normalized spacial score (nSPS) is 12.9. The van der Waals surface area contributed by atoms with Crippen LogP contribution in [0.1, 0.15) is 41.6 Å². The molecule has 2 aromatic rings. The molecule has 0 aliphatic carbocycles. The van der Waals surface area contributed by atoms with Crippen LogP contribution >= 0.6 is 0 Å². The van der Waals surface area contributed by atoms with Gasteiger partial charge in [0, 0.05) is 6.04 Å². The summed E-state index contributed by atoms with van der Waals surface area (Å²) in [4.78, 5) is 0.298. The molecule has 0 saturated carbocycles. The zero-order valence-corrected chi connectivity index (χ0v) is 15.7. The van der Waals surface area contributed by atoms with E-state index in [0.717, 1.165) is 16.7 Å². The fourth-order valence-electron chi connectivity index (χ4n) is 2.71. The molecule has 1 atom stereocenters. The second-order valence-electron chi connectivity index (χ2n) is 6.08. The molecule has 0 amide bonds. The number of ether oxygens (including phenoxy) is 1. The van der Waals surface area contributed by atoms with E-state index in [1.54, 1.807) is 26.2 Å². The first-order chi connectivity index (χ1) is 11.3. The first-order valence-electron chi connectivity index (χ1n) is 8.02. The predicted octanol–water partition coefficient (Wildman–Crippen LogP) is 4.05. The molecule has 0 radical (unpaired) electrons. The number of nitrogens with one attached hydrogen (secondary N) is 1. The summed E-state index contributed by atoms with van der Waals surface area (Å²) in [6, 6.07) is 11.1. The van der Waals surface area contributed by atoms with E-state index >= 15 is 0 Å². The Hall–Kier alpha value is -1.85. The quantitative estimate of drug-likeness (QED) is 0.858. The van der Waals surface area contributed by atoms with Gasteiger partial charge in [-0.05, 0) is 56.0 Å². The Kier molecular flexibility index (Phi) is 5.67. The maximum Gasteiger partial charge on any atom is 0.241 e. The minimum Gasteiger partial charge on any atom is -0.496 e. The lowest BCUT2D eigenvalue weighted by molar-refractivity contribution is 0.411. The van der Waals surface area contributed by atoms with Crippen LogP contribution in [0.5, 0.6) is 5.75 Å². The van der Waals surface area contributed by atoms with Crippen molar-refractivity contribution >= 4 is 10.0 Å². The van der Waals surface area contributed by atoms with E-state index < -0.39 is 10.0 Å². The maximum atomic E-state index is 12.9. The molecule has 0 fully saturated rings. The lowest BCUT2D eigenvalue weighted by Gasteiger charge is -2.19. The molecule has 0 spiro atoms. The fourth-order valence-corrected chi connectivity index (χ4v) is 4.33. The number of rotatable bonds is 6. The lowest BCUT2D eigenvalue weighted by Crippen LogP contribution is -2.29. The van der Waals surface area contributed by atoms with Gasteiger partial charge in [0.25, 0.3) is 0 Å². The second-order valence-corrected chi connectivity index (χ2v) is 7.76. The molecular formula is C19H25NO3S. The SMILES string of the molecule is CC[C@@H](NS(=O)(=O)c1cc(C)c(OC)cc1C)c1ccc(C)cc1. The van der Waals surface area contributed by atoms with Gasteiger partial charge in [-0.2, -0.15) is 0 Å². The number of aryl methyl sites for hydroxylation is 3. The van der Waals surface area contributed by atoms with Gasteiger partial charge in [0.15, 0.2) is 0 Å². The second kappa shape index (κ2) is 7.36. The molecule has 0 unspecified atom stereocenters.